The Balaban J connectivity index is 1.82. The van der Waals surface area contributed by atoms with Crippen LogP contribution in [0.4, 0.5) is 4.79 Å². The molecule has 0 bridgehead atoms. The Bertz CT molecular complexity index is 636. The van der Waals surface area contributed by atoms with Gasteiger partial charge in [0.2, 0.25) is 0 Å². The van der Waals surface area contributed by atoms with Crippen LogP contribution in [0.2, 0.25) is 0 Å². The second-order valence-electron chi connectivity index (χ2n) is 5.03. The van der Waals surface area contributed by atoms with Crippen molar-refractivity contribution in [2.75, 3.05) is 19.3 Å². The lowest BCUT2D eigenvalue weighted by Gasteiger charge is -2.21. The number of carbonyl (C=O) groups excluding carboxylic acids is 3. The molecule has 1 aromatic heterocycles. The van der Waals surface area contributed by atoms with Crippen LogP contribution in [0.5, 0.6) is 0 Å². The first-order valence-electron chi connectivity index (χ1n) is 6.48. The highest BCUT2D eigenvalue weighted by Gasteiger charge is 2.51. The number of aromatic nitrogens is 1. The van der Waals surface area contributed by atoms with Crippen LogP contribution >= 0.6 is 11.8 Å². The van der Waals surface area contributed by atoms with Gasteiger partial charge in [0.1, 0.15) is 10.6 Å². The lowest BCUT2D eigenvalue weighted by Crippen LogP contribution is -2.49. The summed E-state index contributed by atoms with van der Waals surface area (Å²) < 4.78 is 0. The molecule has 7 nitrogen and oxygen atoms in total. The van der Waals surface area contributed by atoms with Crippen molar-refractivity contribution in [1.82, 2.24) is 20.5 Å². The maximum atomic E-state index is 12.6. The van der Waals surface area contributed by atoms with E-state index in [1.54, 1.807) is 23.2 Å². The number of hydrogen-bond donors (Lipinski definition) is 2. The Kier molecular flexibility index (Phi) is 3.32. The van der Waals surface area contributed by atoms with Crippen molar-refractivity contribution in [3.8, 4) is 0 Å². The van der Waals surface area contributed by atoms with Gasteiger partial charge in [-0.05, 0) is 24.8 Å². The molecule has 0 saturated carbocycles. The number of carbonyl (C=O) groups is 3. The van der Waals surface area contributed by atoms with Crippen LogP contribution in [0, 0.1) is 0 Å². The third kappa shape index (κ3) is 2.25. The fourth-order valence-corrected chi connectivity index (χ4v) is 3.23. The van der Waals surface area contributed by atoms with Gasteiger partial charge >= 0.3 is 6.03 Å². The number of nitrogens with zero attached hydrogens (tertiary/aromatic N) is 2. The summed E-state index contributed by atoms with van der Waals surface area (Å²) in [4.78, 5) is 41.5. The number of thioether (sulfide) groups is 1. The van der Waals surface area contributed by atoms with Gasteiger partial charge < -0.3 is 10.2 Å². The molecule has 2 fully saturated rings. The van der Waals surface area contributed by atoms with Crippen molar-refractivity contribution in [2.24, 2.45) is 0 Å². The number of rotatable bonds is 2. The molecule has 1 spiro atoms. The summed E-state index contributed by atoms with van der Waals surface area (Å²) in [5.41, 5.74) is -0.458. The van der Waals surface area contributed by atoms with E-state index in [0.29, 0.717) is 23.6 Å². The van der Waals surface area contributed by atoms with Crippen molar-refractivity contribution in [1.29, 1.82) is 0 Å². The number of nitrogens with one attached hydrogen (secondary N) is 2. The lowest BCUT2D eigenvalue weighted by atomic mass is 9.99. The number of amides is 4. The molecule has 2 N–H and O–H groups in total. The van der Waals surface area contributed by atoms with E-state index in [4.69, 9.17) is 0 Å². The summed E-state index contributed by atoms with van der Waals surface area (Å²) >= 11 is 1.40. The molecular weight excluding hydrogens is 292 g/mol. The molecule has 8 heteroatoms. The molecule has 110 valence electrons. The molecule has 2 saturated heterocycles. The van der Waals surface area contributed by atoms with Crippen LogP contribution in [0.15, 0.2) is 23.4 Å². The van der Waals surface area contributed by atoms with Crippen molar-refractivity contribution in [3.63, 3.8) is 0 Å². The molecular formula is C13H14N4O3S. The van der Waals surface area contributed by atoms with Crippen molar-refractivity contribution in [3.05, 3.63) is 23.9 Å². The fourth-order valence-electron chi connectivity index (χ4n) is 2.69. The topological polar surface area (TPSA) is 91.4 Å². The molecule has 0 aliphatic carbocycles. The molecule has 2 aliphatic rings. The monoisotopic (exact) mass is 306 g/mol. The standard InChI is InChI=1S/C13H14N4O3S/c1-21-9-8(3-2-5-14-9)10(18)17-6-4-13(7-17)11(19)15-12(20)16-13/h2-3,5H,4,6-7H2,1H3,(H2,15,16,19,20). The Morgan fingerprint density at radius 2 is 2.29 bits per heavy atom. The molecule has 0 aromatic carbocycles. The second-order valence-corrected chi connectivity index (χ2v) is 5.82. The molecule has 0 radical (unpaired) electrons. The minimum atomic E-state index is -0.978. The fraction of sp³-hybridized carbons (Fsp3) is 0.385. The van der Waals surface area contributed by atoms with E-state index in [-0.39, 0.29) is 18.4 Å². The van der Waals surface area contributed by atoms with Crippen LogP contribution in [-0.2, 0) is 4.79 Å². The summed E-state index contributed by atoms with van der Waals surface area (Å²) in [5, 5.41) is 5.51. The Morgan fingerprint density at radius 1 is 1.48 bits per heavy atom. The molecule has 4 amide bonds. The summed E-state index contributed by atoms with van der Waals surface area (Å²) in [6.07, 6.45) is 3.92. The van der Waals surface area contributed by atoms with Crippen LogP contribution in [0.3, 0.4) is 0 Å². The summed E-state index contributed by atoms with van der Waals surface area (Å²) in [7, 11) is 0. The van der Waals surface area contributed by atoms with E-state index in [9.17, 15) is 14.4 Å². The van der Waals surface area contributed by atoms with E-state index >= 15 is 0 Å². The number of imide groups is 1. The van der Waals surface area contributed by atoms with Crippen LogP contribution in [0.25, 0.3) is 0 Å². The molecule has 1 unspecified atom stereocenters. The van der Waals surface area contributed by atoms with Gasteiger partial charge in [0.15, 0.2) is 0 Å². The van der Waals surface area contributed by atoms with E-state index in [0.717, 1.165) is 0 Å². The summed E-state index contributed by atoms with van der Waals surface area (Å²) in [6, 6.07) is 2.93. The molecule has 21 heavy (non-hydrogen) atoms. The second kappa shape index (κ2) is 5.03. The van der Waals surface area contributed by atoms with Crippen LogP contribution in [0.1, 0.15) is 16.8 Å². The zero-order chi connectivity index (χ0) is 15.0. The smallest absolute Gasteiger partial charge is 0.322 e. The third-order valence-electron chi connectivity index (χ3n) is 3.77. The first-order valence-corrected chi connectivity index (χ1v) is 7.70. The summed E-state index contributed by atoms with van der Waals surface area (Å²) in [6.45, 7) is 0.612. The van der Waals surface area contributed by atoms with Gasteiger partial charge in [-0.3, -0.25) is 14.9 Å². The van der Waals surface area contributed by atoms with Gasteiger partial charge in [-0.1, -0.05) is 0 Å². The number of hydrogen-bond acceptors (Lipinski definition) is 5. The molecule has 1 aromatic rings. The minimum Gasteiger partial charge on any atom is -0.336 e. The first-order chi connectivity index (χ1) is 10.1. The SMILES string of the molecule is CSc1ncccc1C(=O)N1CCC2(C1)NC(=O)NC2=O. The Morgan fingerprint density at radius 3 is 2.95 bits per heavy atom. The van der Waals surface area contributed by atoms with Gasteiger partial charge in [0.05, 0.1) is 12.1 Å². The van der Waals surface area contributed by atoms with E-state index in [2.05, 4.69) is 15.6 Å². The largest absolute Gasteiger partial charge is 0.336 e. The zero-order valence-corrected chi connectivity index (χ0v) is 12.2. The molecule has 2 aliphatic heterocycles. The average Bonchev–Trinajstić information content (AvgIpc) is 3.02. The molecule has 1 atom stereocenters. The molecule has 3 rings (SSSR count). The average molecular weight is 306 g/mol. The van der Waals surface area contributed by atoms with Gasteiger partial charge in [-0.2, -0.15) is 0 Å². The van der Waals surface area contributed by atoms with E-state index in [1.807, 2.05) is 6.26 Å². The van der Waals surface area contributed by atoms with Crippen molar-refractivity contribution >= 4 is 29.6 Å². The van der Waals surface area contributed by atoms with Crippen molar-refractivity contribution < 1.29 is 14.4 Å². The molecule has 3 heterocycles. The maximum absolute atomic E-state index is 12.6. The van der Waals surface area contributed by atoms with Gasteiger partial charge in [-0.25, -0.2) is 9.78 Å². The first kappa shape index (κ1) is 13.9. The van der Waals surface area contributed by atoms with Gasteiger partial charge in [-0.15, -0.1) is 11.8 Å². The lowest BCUT2D eigenvalue weighted by molar-refractivity contribution is -0.123. The van der Waals surface area contributed by atoms with E-state index < -0.39 is 11.6 Å². The number of urea groups is 1. The quantitative estimate of drug-likeness (QED) is 0.603. The highest BCUT2D eigenvalue weighted by atomic mass is 32.2. The maximum Gasteiger partial charge on any atom is 0.322 e. The van der Waals surface area contributed by atoms with Gasteiger partial charge in [0.25, 0.3) is 11.8 Å². The zero-order valence-electron chi connectivity index (χ0n) is 11.4. The predicted molar refractivity (Wildman–Crippen MR) is 75.9 cm³/mol. The number of pyridine rings is 1. The minimum absolute atomic E-state index is 0.168. The van der Waals surface area contributed by atoms with Crippen molar-refractivity contribution in [2.45, 2.75) is 17.0 Å². The van der Waals surface area contributed by atoms with Gasteiger partial charge in [0, 0.05) is 12.7 Å². The number of likely N-dealkylation sites (tertiary alicyclic amines) is 1. The summed E-state index contributed by atoms with van der Waals surface area (Å²) in [5.74, 6) is -0.530. The third-order valence-corrected chi connectivity index (χ3v) is 4.48. The normalized spacial score (nSPS) is 24.3. The van der Waals surface area contributed by atoms with Crippen LogP contribution < -0.4 is 10.6 Å². The highest BCUT2D eigenvalue weighted by molar-refractivity contribution is 7.98. The Hall–Kier alpha value is -2.09. The Labute approximate surface area is 125 Å². The predicted octanol–water partition coefficient (Wildman–Crippen LogP) is 0.228. The highest BCUT2D eigenvalue weighted by Crippen LogP contribution is 2.27. The van der Waals surface area contributed by atoms with E-state index in [1.165, 1.54) is 11.8 Å². The van der Waals surface area contributed by atoms with Crippen LogP contribution in [-0.4, -0.2) is 52.6 Å².